The summed E-state index contributed by atoms with van der Waals surface area (Å²) in [7, 11) is 0. The van der Waals surface area contributed by atoms with Gasteiger partial charge in [-0.3, -0.25) is 0 Å². The molecule has 2 aliphatic rings. The van der Waals surface area contributed by atoms with Crippen LogP contribution in [-0.4, -0.2) is 84.7 Å². The molecule has 0 saturated carbocycles. The van der Waals surface area contributed by atoms with Gasteiger partial charge in [0, 0.05) is 38.8 Å². The monoisotopic (exact) mass is 441 g/mol. The Hall–Kier alpha value is -1.54. The third kappa shape index (κ3) is 10.1. The average molecular weight is 442 g/mol. The van der Waals surface area contributed by atoms with E-state index in [-0.39, 0.29) is 18.3 Å². The van der Waals surface area contributed by atoms with Crippen LogP contribution in [0.1, 0.15) is 73.6 Å². The van der Waals surface area contributed by atoms with Crippen LogP contribution in [0.25, 0.3) is 0 Å². The van der Waals surface area contributed by atoms with Gasteiger partial charge in [-0.05, 0) is 80.2 Å². The van der Waals surface area contributed by atoms with Crippen molar-refractivity contribution < 1.29 is 23.8 Å². The average Bonchev–Trinajstić information content (AvgIpc) is 2.66. The molecule has 0 unspecified atom stereocenters. The van der Waals surface area contributed by atoms with Crippen molar-refractivity contribution in [2.75, 3.05) is 39.3 Å². The van der Waals surface area contributed by atoms with E-state index in [1.54, 1.807) is 9.80 Å². The molecular formula is C23H43N3O5. The van der Waals surface area contributed by atoms with E-state index in [1.165, 1.54) is 0 Å². The lowest BCUT2D eigenvalue weighted by atomic mass is 10.1. The number of rotatable bonds is 6. The zero-order chi connectivity index (χ0) is 23.1. The second-order valence-electron chi connectivity index (χ2n) is 10.6. The minimum atomic E-state index is -0.455. The fraction of sp³-hybridized carbons (Fsp3) is 0.913. The van der Waals surface area contributed by atoms with Crippen LogP contribution < -0.4 is 5.32 Å². The Balaban J connectivity index is 1.51. The number of nitrogens with zero attached hydrogens (tertiary/aromatic N) is 2. The largest absolute Gasteiger partial charge is 0.444 e. The highest BCUT2D eigenvalue weighted by atomic mass is 16.6. The molecule has 0 radical (unpaired) electrons. The topological polar surface area (TPSA) is 80.3 Å². The van der Waals surface area contributed by atoms with Gasteiger partial charge in [0.2, 0.25) is 0 Å². The Morgan fingerprint density at radius 2 is 1.26 bits per heavy atom. The summed E-state index contributed by atoms with van der Waals surface area (Å²) in [5.74, 6) is 0. The van der Waals surface area contributed by atoms with Gasteiger partial charge in [0.05, 0.1) is 6.10 Å². The molecule has 0 aromatic carbocycles. The molecule has 1 N–H and O–H groups in total. The first-order valence-corrected chi connectivity index (χ1v) is 11.7. The summed E-state index contributed by atoms with van der Waals surface area (Å²) in [4.78, 5) is 27.8. The first kappa shape index (κ1) is 25.7. The minimum Gasteiger partial charge on any atom is -0.444 e. The summed E-state index contributed by atoms with van der Waals surface area (Å²) in [5, 5.41) is 3.58. The second kappa shape index (κ2) is 11.4. The van der Waals surface area contributed by atoms with Gasteiger partial charge < -0.3 is 29.3 Å². The fourth-order valence-corrected chi connectivity index (χ4v) is 3.75. The Morgan fingerprint density at radius 1 is 0.806 bits per heavy atom. The van der Waals surface area contributed by atoms with Crippen LogP contribution in [0.2, 0.25) is 0 Å². The molecule has 2 fully saturated rings. The summed E-state index contributed by atoms with van der Waals surface area (Å²) in [6, 6.07) is 0.441. The highest BCUT2D eigenvalue weighted by Gasteiger charge is 2.28. The van der Waals surface area contributed by atoms with Crippen molar-refractivity contribution in [3.05, 3.63) is 0 Å². The van der Waals surface area contributed by atoms with Gasteiger partial charge in [-0.25, -0.2) is 9.59 Å². The first-order chi connectivity index (χ1) is 14.4. The predicted octanol–water partition coefficient (Wildman–Crippen LogP) is 3.78. The molecule has 2 heterocycles. The van der Waals surface area contributed by atoms with Crippen LogP contribution in [0.4, 0.5) is 9.59 Å². The van der Waals surface area contributed by atoms with Crippen molar-refractivity contribution >= 4 is 12.2 Å². The van der Waals surface area contributed by atoms with E-state index in [2.05, 4.69) is 5.32 Å². The molecule has 8 nitrogen and oxygen atoms in total. The van der Waals surface area contributed by atoms with E-state index in [4.69, 9.17) is 14.2 Å². The number of likely N-dealkylation sites (tertiary alicyclic amines) is 2. The van der Waals surface area contributed by atoms with Gasteiger partial charge in [-0.1, -0.05) is 0 Å². The third-order valence-corrected chi connectivity index (χ3v) is 5.35. The van der Waals surface area contributed by atoms with Crippen LogP contribution in [0, 0.1) is 0 Å². The van der Waals surface area contributed by atoms with E-state index in [1.807, 2.05) is 41.5 Å². The zero-order valence-corrected chi connectivity index (χ0v) is 20.4. The van der Waals surface area contributed by atoms with Gasteiger partial charge in [0.1, 0.15) is 11.2 Å². The Labute approximate surface area is 187 Å². The molecule has 180 valence electrons. The standard InChI is InChI=1S/C23H43N3O5/c1-22(2,3)30-20(27)25-13-8-18(9-14-25)24-12-7-17-29-19-10-15-26(16-11-19)21(28)31-23(4,5)6/h18-19,24H,7-17H2,1-6H3. The summed E-state index contributed by atoms with van der Waals surface area (Å²) in [6.07, 6.45) is 4.34. The van der Waals surface area contributed by atoms with Gasteiger partial charge in [-0.2, -0.15) is 0 Å². The number of carbonyl (C=O) groups is 2. The Kier molecular flexibility index (Phi) is 9.43. The molecular weight excluding hydrogens is 398 g/mol. The van der Waals surface area contributed by atoms with Crippen molar-refractivity contribution in [3.8, 4) is 0 Å². The predicted molar refractivity (Wildman–Crippen MR) is 120 cm³/mol. The normalized spacial score (nSPS) is 19.4. The number of amides is 2. The van der Waals surface area contributed by atoms with Gasteiger partial charge in [-0.15, -0.1) is 0 Å². The molecule has 31 heavy (non-hydrogen) atoms. The summed E-state index contributed by atoms with van der Waals surface area (Å²) < 4.78 is 16.9. The lowest BCUT2D eigenvalue weighted by molar-refractivity contribution is -0.0118. The van der Waals surface area contributed by atoms with E-state index >= 15 is 0 Å². The molecule has 0 bridgehead atoms. The molecule has 2 rings (SSSR count). The summed E-state index contributed by atoms with van der Waals surface area (Å²) in [6.45, 7) is 15.8. The molecule has 0 atom stereocenters. The van der Waals surface area contributed by atoms with E-state index in [0.717, 1.165) is 58.3 Å². The van der Waals surface area contributed by atoms with Crippen molar-refractivity contribution in [1.29, 1.82) is 0 Å². The SMILES string of the molecule is CC(C)(C)OC(=O)N1CCC(NCCCOC2CCN(C(=O)OC(C)(C)C)CC2)CC1. The molecule has 0 aromatic heterocycles. The maximum Gasteiger partial charge on any atom is 0.410 e. The van der Waals surface area contributed by atoms with E-state index in [9.17, 15) is 9.59 Å². The third-order valence-electron chi connectivity index (χ3n) is 5.35. The summed E-state index contributed by atoms with van der Waals surface area (Å²) in [5.41, 5.74) is -0.900. The van der Waals surface area contributed by atoms with Gasteiger partial charge >= 0.3 is 12.2 Å². The fourth-order valence-electron chi connectivity index (χ4n) is 3.75. The number of hydrogen-bond donors (Lipinski definition) is 1. The maximum absolute atomic E-state index is 12.1. The number of ether oxygens (including phenoxy) is 3. The van der Waals surface area contributed by atoms with Crippen molar-refractivity contribution in [2.24, 2.45) is 0 Å². The van der Waals surface area contributed by atoms with Crippen molar-refractivity contribution in [1.82, 2.24) is 15.1 Å². The lowest BCUT2D eigenvalue weighted by Crippen LogP contribution is -2.46. The van der Waals surface area contributed by atoms with Gasteiger partial charge in [0.15, 0.2) is 0 Å². The van der Waals surface area contributed by atoms with Crippen LogP contribution in [0.5, 0.6) is 0 Å². The quantitative estimate of drug-likeness (QED) is 0.632. The number of nitrogens with one attached hydrogen (secondary N) is 1. The van der Waals surface area contributed by atoms with E-state index in [0.29, 0.717) is 19.1 Å². The molecule has 0 spiro atoms. The minimum absolute atomic E-state index is 0.211. The van der Waals surface area contributed by atoms with Crippen LogP contribution in [-0.2, 0) is 14.2 Å². The van der Waals surface area contributed by atoms with Crippen molar-refractivity contribution in [3.63, 3.8) is 0 Å². The maximum atomic E-state index is 12.1. The Morgan fingerprint density at radius 3 is 1.71 bits per heavy atom. The van der Waals surface area contributed by atoms with E-state index < -0.39 is 11.2 Å². The number of hydrogen-bond acceptors (Lipinski definition) is 6. The molecule has 8 heteroatoms. The van der Waals surface area contributed by atoms with Gasteiger partial charge in [0.25, 0.3) is 0 Å². The molecule has 2 amide bonds. The van der Waals surface area contributed by atoms with Crippen LogP contribution in [0.3, 0.4) is 0 Å². The first-order valence-electron chi connectivity index (χ1n) is 11.7. The smallest absolute Gasteiger partial charge is 0.410 e. The Bertz CT molecular complexity index is 519. The highest BCUT2D eigenvalue weighted by molar-refractivity contribution is 5.68. The molecule has 2 saturated heterocycles. The highest BCUT2D eigenvalue weighted by Crippen LogP contribution is 2.18. The van der Waals surface area contributed by atoms with Crippen LogP contribution >= 0.6 is 0 Å². The summed E-state index contributed by atoms with van der Waals surface area (Å²) >= 11 is 0. The number of carbonyl (C=O) groups excluding carboxylic acids is 2. The second-order valence-corrected chi connectivity index (χ2v) is 10.6. The zero-order valence-electron chi connectivity index (χ0n) is 20.4. The van der Waals surface area contributed by atoms with Crippen molar-refractivity contribution in [2.45, 2.75) is 97.0 Å². The van der Waals surface area contributed by atoms with Crippen LogP contribution in [0.15, 0.2) is 0 Å². The number of piperidine rings is 2. The molecule has 0 aliphatic carbocycles. The molecule has 2 aliphatic heterocycles. The molecule has 0 aromatic rings. The lowest BCUT2D eigenvalue weighted by Gasteiger charge is -2.34.